The first-order valence-electron chi connectivity index (χ1n) is 22.4. The number of aliphatic hydroxyl groups is 1. The maximum Gasteiger partial charge on any atom is 0.247 e. The topological polar surface area (TPSA) is 170 Å². The summed E-state index contributed by atoms with van der Waals surface area (Å²) in [6.07, 6.45) is 4.82. The molecular weight excluding hydrogens is 883 g/mol. The molecule has 6 rings (SSSR count). The van der Waals surface area contributed by atoms with Crippen LogP contribution in [0.2, 0.25) is 10.0 Å². The number of hydrogen-bond acceptors (Lipinski definition) is 9. The number of fused-ring (bicyclic) bond motifs is 1. The lowest BCUT2D eigenvalue weighted by Gasteiger charge is -2.40. The molecule has 1 saturated heterocycles. The number of halogens is 2. The molecule has 0 unspecified atom stereocenters. The number of ether oxygens (including phenoxy) is 1. The van der Waals surface area contributed by atoms with Gasteiger partial charge in [0.2, 0.25) is 29.5 Å². The number of nitrogens with zero attached hydrogens (tertiary/aromatic N) is 6. The van der Waals surface area contributed by atoms with Gasteiger partial charge in [-0.25, -0.2) is 4.98 Å². The zero-order valence-electron chi connectivity index (χ0n) is 38.8. The van der Waals surface area contributed by atoms with E-state index in [1.54, 1.807) is 49.2 Å². The van der Waals surface area contributed by atoms with Gasteiger partial charge in [0.15, 0.2) is 0 Å². The maximum absolute atomic E-state index is 14.6. The minimum atomic E-state index is -1.41. The number of rotatable bonds is 10. The fraction of sp³-hybridized carbons (Fsp3) is 0.469. The summed E-state index contributed by atoms with van der Waals surface area (Å²) in [4.78, 5) is 82.1. The lowest BCUT2D eigenvalue weighted by atomic mass is 9.88. The van der Waals surface area contributed by atoms with E-state index in [0.29, 0.717) is 46.5 Å². The molecule has 354 valence electrons. The second-order valence-corrected chi connectivity index (χ2v) is 18.8. The van der Waals surface area contributed by atoms with Gasteiger partial charge >= 0.3 is 0 Å². The van der Waals surface area contributed by atoms with Gasteiger partial charge in [-0.1, -0.05) is 61.2 Å². The Balaban J connectivity index is 1.31. The van der Waals surface area contributed by atoms with E-state index in [2.05, 4.69) is 20.5 Å². The van der Waals surface area contributed by atoms with Crippen LogP contribution >= 0.6 is 23.2 Å². The van der Waals surface area contributed by atoms with Gasteiger partial charge in [-0.3, -0.25) is 24.0 Å². The minimum absolute atomic E-state index is 0.0785. The van der Waals surface area contributed by atoms with Crippen LogP contribution in [-0.4, -0.2) is 129 Å². The Kier molecular flexibility index (Phi) is 16.9. The molecule has 3 aromatic carbocycles. The van der Waals surface area contributed by atoms with Crippen LogP contribution in [0.1, 0.15) is 69.3 Å². The lowest BCUT2D eigenvalue weighted by Crippen LogP contribution is -2.58. The largest absolute Gasteiger partial charge is 0.457 e. The number of carbonyl (C=O) groups excluding carboxylic acids is 5. The van der Waals surface area contributed by atoms with Crippen LogP contribution in [0.15, 0.2) is 72.9 Å². The van der Waals surface area contributed by atoms with Crippen molar-refractivity contribution in [3.63, 3.8) is 0 Å². The van der Waals surface area contributed by atoms with Crippen molar-refractivity contribution in [1.82, 2.24) is 39.8 Å². The number of benzene rings is 3. The SMILES string of the molecule is C[C@@H]1CC(=O)N(Cc2ccc(Cl)cc2Oc2ccc(-c3cnc(CN(C)C)n3C)cc2)[C@@H](C)C(=O)N[C@@H](CO)C(=O)N(C)[C@@H](Cc2ccc(Cl)cc2)CC(=O)N[C@H]2CCCC[C@@H]2N(C)C1=O. The fourth-order valence-electron chi connectivity index (χ4n) is 8.83. The monoisotopic (exact) mass is 944 g/mol. The summed E-state index contributed by atoms with van der Waals surface area (Å²) in [6, 6.07) is 15.7. The summed E-state index contributed by atoms with van der Waals surface area (Å²) in [6.45, 7) is 3.03. The Hall–Kier alpha value is -5.48. The molecule has 5 amide bonds. The highest BCUT2D eigenvalue weighted by atomic mass is 35.5. The molecule has 3 N–H and O–H groups in total. The number of amides is 5. The Morgan fingerprint density at radius 1 is 0.833 bits per heavy atom. The van der Waals surface area contributed by atoms with E-state index in [-0.39, 0.29) is 49.7 Å². The van der Waals surface area contributed by atoms with Gasteiger partial charge in [0.25, 0.3) is 0 Å². The van der Waals surface area contributed by atoms with E-state index >= 15 is 0 Å². The van der Waals surface area contributed by atoms with E-state index in [9.17, 15) is 29.1 Å². The van der Waals surface area contributed by atoms with E-state index < -0.39 is 48.4 Å². The van der Waals surface area contributed by atoms with Crippen LogP contribution in [0.3, 0.4) is 0 Å². The van der Waals surface area contributed by atoms with Gasteiger partial charge in [0, 0.05) is 73.2 Å². The number of carbonyl (C=O) groups is 5. The van der Waals surface area contributed by atoms with E-state index in [4.69, 9.17) is 27.9 Å². The van der Waals surface area contributed by atoms with Crippen LogP contribution < -0.4 is 15.4 Å². The van der Waals surface area contributed by atoms with Gasteiger partial charge in [0.1, 0.15) is 29.4 Å². The molecule has 1 aromatic heterocycles. The second kappa shape index (κ2) is 22.3. The molecule has 2 fully saturated rings. The highest BCUT2D eigenvalue weighted by Crippen LogP contribution is 2.33. The van der Waals surface area contributed by atoms with Crippen LogP contribution in [0.25, 0.3) is 11.3 Å². The zero-order valence-corrected chi connectivity index (χ0v) is 40.3. The highest BCUT2D eigenvalue weighted by Gasteiger charge is 2.38. The van der Waals surface area contributed by atoms with E-state index in [0.717, 1.165) is 35.5 Å². The van der Waals surface area contributed by atoms with E-state index in [1.165, 1.54) is 23.8 Å². The summed E-state index contributed by atoms with van der Waals surface area (Å²) >= 11 is 12.7. The van der Waals surface area contributed by atoms with Crippen molar-refractivity contribution >= 4 is 52.7 Å². The van der Waals surface area contributed by atoms with E-state index in [1.807, 2.05) is 68.3 Å². The molecule has 15 nitrogen and oxygen atoms in total. The number of likely N-dealkylation sites (N-methyl/N-ethyl adjacent to an activating group) is 2. The fourth-order valence-corrected chi connectivity index (χ4v) is 9.12. The number of aromatic nitrogens is 2. The summed E-state index contributed by atoms with van der Waals surface area (Å²) in [7, 11) is 9.19. The molecule has 66 heavy (non-hydrogen) atoms. The lowest BCUT2D eigenvalue weighted by molar-refractivity contribution is -0.147. The maximum atomic E-state index is 14.6. The first kappa shape index (κ1) is 49.9. The summed E-state index contributed by atoms with van der Waals surface area (Å²) in [5.74, 6) is -1.42. The molecule has 0 bridgehead atoms. The summed E-state index contributed by atoms with van der Waals surface area (Å²) in [5, 5.41) is 17.3. The van der Waals surface area contributed by atoms with Gasteiger partial charge < -0.3 is 44.6 Å². The van der Waals surface area contributed by atoms with Crippen LogP contribution in [0.5, 0.6) is 11.5 Å². The zero-order chi connectivity index (χ0) is 47.8. The second-order valence-electron chi connectivity index (χ2n) is 17.9. The molecule has 6 atom stereocenters. The van der Waals surface area contributed by atoms with Gasteiger partial charge in [-0.15, -0.1) is 0 Å². The van der Waals surface area contributed by atoms with Crippen LogP contribution in [-0.2, 0) is 50.5 Å². The third kappa shape index (κ3) is 12.3. The first-order valence-corrected chi connectivity index (χ1v) is 23.2. The molecule has 1 aliphatic carbocycles. The van der Waals surface area contributed by atoms with Crippen molar-refractivity contribution in [2.75, 3.05) is 34.8 Å². The van der Waals surface area contributed by atoms with Crippen LogP contribution in [0.4, 0.5) is 0 Å². The third-order valence-electron chi connectivity index (χ3n) is 12.8. The summed E-state index contributed by atoms with van der Waals surface area (Å²) < 4.78 is 8.46. The summed E-state index contributed by atoms with van der Waals surface area (Å²) in [5.41, 5.74) is 3.21. The Morgan fingerprint density at radius 2 is 1.52 bits per heavy atom. The molecule has 17 heteroatoms. The van der Waals surface area contributed by atoms with Gasteiger partial charge in [0.05, 0.1) is 37.6 Å². The molecule has 2 aliphatic rings. The average molecular weight is 946 g/mol. The van der Waals surface area contributed by atoms with Crippen molar-refractivity contribution in [2.24, 2.45) is 13.0 Å². The number of imidazole rings is 1. The molecule has 2 heterocycles. The van der Waals surface area contributed by atoms with Crippen LogP contribution in [0, 0.1) is 5.92 Å². The smallest absolute Gasteiger partial charge is 0.247 e. The van der Waals surface area contributed by atoms with Crippen molar-refractivity contribution in [3.05, 3.63) is 99.9 Å². The molecule has 1 aliphatic heterocycles. The van der Waals surface area contributed by atoms with Crippen molar-refractivity contribution in [2.45, 2.75) is 102 Å². The average Bonchev–Trinajstić information content (AvgIpc) is 3.65. The van der Waals surface area contributed by atoms with Gasteiger partial charge in [-0.05, 0) is 94.4 Å². The standard InChI is InChI=1S/C49H62Cl2N8O7/c1-30-22-46(62)59(27-34-14-19-36(51)24-43(34)66-38-20-15-33(16-21-38)42-26-52-44(57(42)6)28-55(3)4)31(2)47(63)54-40(29-60)49(65)56(5)37(23-32-12-17-35(50)18-13-32)25-45(61)53-39-10-8-9-11-41(39)58(7)48(30)64/h12-21,24,26,30-31,37,39-41,60H,8-11,22-23,25,27-29H2,1-7H3,(H,53,61)(H,54,63)/t30-,31+,37+,39+,40+,41+/m1/s1. The number of hydrogen-bond donors (Lipinski definition) is 3. The van der Waals surface area contributed by atoms with Crippen molar-refractivity contribution in [3.8, 4) is 22.8 Å². The van der Waals surface area contributed by atoms with Gasteiger partial charge in [-0.2, -0.15) is 0 Å². The molecule has 0 radical (unpaired) electrons. The predicted octanol–water partition coefficient (Wildman–Crippen LogP) is 5.83. The Labute approximate surface area is 397 Å². The van der Waals surface area contributed by atoms with Crippen molar-refractivity contribution in [1.29, 1.82) is 0 Å². The first-order chi connectivity index (χ1) is 31.4. The third-order valence-corrected chi connectivity index (χ3v) is 13.3. The highest BCUT2D eigenvalue weighted by molar-refractivity contribution is 6.31. The quantitative estimate of drug-likeness (QED) is 0.177. The number of aliphatic hydroxyl groups excluding tert-OH is 1. The molecule has 4 aromatic rings. The normalized spacial score (nSPS) is 23.0. The Morgan fingerprint density at radius 3 is 2.20 bits per heavy atom. The Bertz CT molecular complexity index is 2360. The number of nitrogens with one attached hydrogen (secondary N) is 2. The minimum Gasteiger partial charge on any atom is -0.457 e. The predicted molar refractivity (Wildman–Crippen MR) is 254 cm³/mol. The molecule has 0 spiro atoms. The van der Waals surface area contributed by atoms with Crippen molar-refractivity contribution < 1.29 is 33.8 Å². The molecular formula is C49H62Cl2N8O7. The molecule has 1 saturated carbocycles.